The molecule has 0 bridgehead atoms. The van der Waals surface area contributed by atoms with Crippen LogP contribution in [0.2, 0.25) is 0 Å². The Kier molecular flexibility index (Phi) is 5.90. The molecule has 5 aromatic heterocycles. The Bertz CT molecular complexity index is 2580. The van der Waals surface area contributed by atoms with Gasteiger partial charge < -0.3 is 9.97 Å². The molecule has 7 rings (SSSR count). The minimum Gasteiger partial charge on any atom is -0.338 e. The van der Waals surface area contributed by atoms with Gasteiger partial charge in [0.1, 0.15) is 29.8 Å². The lowest BCUT2D eigenvalue weighted by Crippen LogP contribution is -2.21. The number of benzene rings is 2. The zero-order chi connectivity index (χ0) is 30.5. The number of fused-ring (bicyclic) bond motifs is 6. The van der Waals surface area contributed by atoms with Crippen molar-refractivity contribution in [2.24, 2.45) is 10.2 Å². The quantitative estimate of drug-likeness (QED) is 0.206. The summed E-state index contributed by atoms with van der Waals surface area (Å²) in [6.07, 6.45) is 3.96. The SMILES string of the molecule is Cc1c(/C=N\Nc2nncn2/N=C/c2c(C)c(C#N)c3[nH]c4ccccc4n3c2=O)c(=O)n2c([nH]c3ccccc32)c1C#N. The summed E-state index contributed by atoms with van der Waals surface area (Å²) in [6, 6.07) is 18.9. The Morgan fingerprint density at radius 2 is 1.34 bits per heavy atom. The third-order valence-electron chi connectivity index (χ3n) is 7.57. The van der Waals surface area contributed by atoms with Crippen LogP contribution in [0.1, 0.15) is 33.4 Å². The maximum Gasteiger partial charge on any atom is 0.266 e. The second-order valence-corrected chi connectivity index (χ2v) is 9.93. The van der Waals surface area contributed by atoms with Crippen molar-refractivity contribution in [2.45, 2.75) is 13.8 Å². The first-order chi connectivity index (χ1) is 21.4. The normalized spacial score (nSPS) is 11.8. The van der Waals surface area contributed by atoms with Gasteiger partial charge in [0.15, 0.2) is 0 Å². The molecule has 44 heavy (non-hydrogen) atoms. The zero-order valence-electron chi connectivity index (χ0n) is 23.2. The first kappa shape index (κ1) is 26.1. The highest BCUT2D eigenvalue weighted by Crippen LogP contribution is 2.22. The molecule has 14 heteroatoms. The second-order valence-electron chi connectivity index (χ2n) is 9.93. The van der Waals surface area contributed by atoms with Gasteiger partial charge in [-0.1, -0.05) is 24.3 Å². The van der Waals surface area contributed by atoms with Crippen molar-refractivity contribution in [1.29, 1.82) is 10.5 Å². The number of pyridine rings is 2. The molecule has 3 N–H and O–H groups in total. The molecular weight excluding hydrogens is 560 g/mol. The van der Waals surface area contributed by atoms with Gasteiger partial charge in [0.2, 0.25) is 0 Å². The van der Waals surface area contributed by atoms with Gasteiger partial charge in [-0.25, -0.2) is 5.43 Å². The molecule has 0 amide bonds. The van der Waals surface area contributed by atoms with E-state index in [1.165, 1.54) is 32.2 Å². The summed E-state index contributed by atoms with van der Waals surface area (Å²) in [5.74, 6) is 0.0929. The summed E-state index contributed by atoms with van der Waals surface area (Å²) >= 11 is 0. The fourth-order valence-electron chi connectivity index (χ4n) is 5.35. The van der Waals surface area contributed by atoms with E-state index >= 15 is 0 Å². The van der Waals surface area contributed by atoms with E-state index in [1.807, 2.05) is 36.4 Å². The molecule has 5 heterocycles. The highest BCUT2D eigenvalue weighted by atomic mass is 16.1. The number of rotatable bonds is 5. The van der Waals surface area contributed by atoms with E-state index in [0.29, 0.717) is 44.6 Å². The number of aromatic amines is 2. The van der Waals surface area contributed by atoms with Gasteiger partial charge in [0.05, 0.1) is 56.7 Å². The number of nitriles is 2. The van der Waals surface area contributed by atoms with Crippen LogP contribution in [0, 0.1) is 36.5 Å². The van der Waals surface area contributed by atoms with Gasteiger partial charge in [-0.3, -0.25) is 18.4 Å². The number of H-pyrrole nitrogens is 2. The standard InChI is InChI=1S/C30H20N12O2/c1-16-18(11-31)26-36-22-7-3-5-9-24(22)41(26)28(43)20(16)13-33-38-30-39-34-15-40(30)35-14-21-17(2)19(12-32)27-37-23-8-4-6-10-25(23)42(27)29(21)44/h3-10,13-15,36-37H,1-2H3,(H,38,39)/b33-13-,35-14+. The Labute approximate surface area is 246 Å². The molecule has 0 fully saturated rings. The van der Waals surface area contributed by atoms with Crippen molar-refractivity contribution >= 4 is 51.7 Å². The second kappa shape index (κ2) is 9.93. The van der Waals surface area contributed by atoms with Crippen LogP contribution in [-0.2, 0) is 0 Å². The van der Waals surface area contributed by atoms with Crippen molar-refractivity contribution in [3.63, 3.8) is 0 Å². The van der Waals surface area contributed by atoms with Crippen LogP contribution in [0.5, 0.6) is 0 Å². The number of anilines is 1. The first-order valence-corrected chi connectivity index (χ1v) is 13.3. The highest BCUT2D eigenvalue weighted by Gasteiger charge is 2.19. The molecule has 0 aliphatic rings. The van der Waals surface area contributed by atoms with Gasteiger partial charge in [-0.15, -0.1) is 10.2 Å². The number of nitrogens with zero attached hydrogens (tertiary/aromatic N) is 9. The van der Waals surface area contributed by atoms with Gasteiger partial charge in [0.25, 0.3) is 17.1 Å². The van der Waals surface area contributed by atoms with E-state index in [9.17, 15) is 20.1 Å². The summed E-state index contributed by atoms with van der Waals surface area (Å²) < 4.78 is 4.17. The van der Waals surface area contributed by atoms with Crippen molar-refractivity contribution in [3.8, 4) is 12.1 Å². The maximum atomic E-state index is 13.5. The van der Waals surface area contributed by atoms with E-state index in [4.69, 9.17) is 0 Å². The number of hydrogen-bond donors (Lipinski definition) is 3. The third-order valence-corrected chi connectivity index (χ3v) is 7.57. The van der Waals surface area contributed by atoms with Crippen LogP contribution in [0.4, 0.5) is 5.95 Å². The molecule has 0 atom stereocenters. The van der Waals surface area contributed by atoms with E-state index in [1.54, 1.807) is 26.0 Å². The number of hydrazone groups is 1. The molecule has 14 nitrogen and oxygen atoms in total. The fourth-order valence-corrected chi connectivity index (χ4v) is 5.35. The number of nitrogens with one attached hydrogen (secondary N) is 3. The summed E-state index contributed by atoms with van der Waals surface area (Å²) in [5.41, 5.74) is 7.54. The van der Waals surface area contributed by atoms with E-state index in [0.717, 1.165) is 11.0 Å². The Balaban J connectivity index is 1.25. The zero-order valence-corrected chi connectivity index (χ0v) is 23.2. The van der Waals surface area contributed by atoms with Crippen molar-refractivity contribution in [3.05, 3.63) is 109 Å². The first-order valence-electron chi connectivity index (χ1n) is 13.3. The number of hydrogen-bond acceptors (Lipinski definition) is 9. The lowest BCUT2D eigenvalue weighted by Gasteiger charge is -2.06. The van der Waals surface area contributed by atoms with Crippen LogP contribution in [-0.4, -0.2) is 46.1 Å². The molecular formula is C30H20N12O2. The Hall–Kier alpha value is -6.80. The van der Waals surface area contributed by atoms with Crippen molar-refractivity contribution < 1.29 is 0 Å². The number of para-hydroxylation sites is 4. The molecule has 212 valence electrons. The largest absolute Gasteiger partial charge is 0.338 e. The third kappa shape index (κ3) is 3.79. The molecule has 7 aromatic rings. The minimum absolute atomic E-state index is 0.0929. The Morgan fingerprint density at radius 1 is 0.818 bits per heavy atom. The Morgan fingerprint density at radius 3 is 1.89 bits per heavy atom. The number of imidazole rings is 2. The monoisotopic (exact) mass is 580 g/mol. The van der Waals surface area contributed by atoms with E-state index in [2.05, 4.69) is 47.9 Å². The van der Waals surface area contributed by atoms with Crippen LogP contribution < -0.4 is 16.5 Å². The molecule has 0 unspecified atom stereocenters. The number of aromatic nitrogens is 7. The predicted molar refractivity (Wildman–Crippen MR) is 164 cm³/mol. The maximum absolute atomic E-state index is 13.5. The molecule has 0 saturated carbocycles. The van der Waals surface area contributed by atoms with E-state index in [-0.39, 0.29) is 28.2 Å². The topological polar surface area (TPSA) is 190 Å². The van der Waals surface area contributed by atoms with Gasteiger partial charge >= 0.3 is 0 Å². The van der Waals surface area contributed by atoms with Crippen LogP contribution in [0.15, 0.2) is 74.7 Å². The van der Waals surface area contributed by atoms with Gasteiger partial charge in [-0.2, -0.15) is 25.4 Å². The van der Waals surface area contributed by atoms with Gasteiger partial charge in [-0.05, 0) is 49.2 Å². The van der Waals surface area contributed by atoms with Crippen LogP contribution in [0.25, 0.3) is 33.4 Å². The smallest absolute Gasteiger partial charge is 0.266 e. The average Bonchev–Trinajstić information content (AvgIpc) is 3.74. The minimum atomic E-state index is -0.352. The van der Waals surface area contributed by atoms with E-state index < -0.39 is 0 Å². The molecule has 0 aliphatic carbocycles. The van der Waals surface area contributed by atoms with Crippen molar-refractivity contribution in [2.75, 3.05) is 5.43 Å². The lowest BCUT2D eigenvalue weighted by molar-refractivity contribution is 0.878. The predicted octanol–water partition coefficient (Wildman–Crippen LogP) is 3.15. The summed E-state index contributed by atoms with van der Waals surface area (Å²) in [4.78, 5) is 33.3. The highest BCUT2D eigenvalue weighted by molar-refractivity contribution is 5.90. The lowest BCUT2D eigenvalue weighted by atomic mass is 10.1. The molecule has 0 spiro atoms. The van der Waals surface area contributed by atoms with Crippen LogP contribution in [0.3, 0.4) is 0 Å². The van der Waals surface area contributed by atoms with Gasteiger partial charge in [0, 0.05) is 0 Å². The molecule has 0 aliphatic heterocycles. The average molecular weight is 581 g/mol. The summed E-state index contributed by atoms with van der Waals surface area (Å²) in [6.45, 7) is 3.36. The van der Waals surface area contributed by atoms with Crippen molar-refractivity contribution in [1.82, 2.24) is 33.6 Å². The molecule has 2 aromatic carbocycles. The van der Waals surface area contributed by atoms with Crippen LogP contribution >= 0.6 is 0 Å². The molecule has 0 radical (unpaired) electrons. The summed E-state index contributed by atoms with van der Waals surface area (Å²) in [5, 5.41) is 36.1. The molecule has 0 saturated heterocycles. The summed E-state index contributed by atoms with van der Waals surface area (Å²) in [7, 11) is 0. The fraction of sp³-hybridized carbons (Fsp3) is 0.0667.